The number of nitrogens with two attached hydrogens (primary N) is 1. The summed E-state index contributed by atoms with van der Waals surface area (Å²) in [5.74, 6) is -2.08. The van der Waals surface area contributed by atoms with Gasteiger partial charge in [0.25, 0.3) is 0 Å². The molecule has 102 valence electrons. The maximum atomic E-state index is 13.2. The number of halogens is 4. The van der Waals surface area contributed by atoms with Crippen LogP contribution >= 0.6 is 12.4 Å². The van der Waals surface area contributed by atoms with Crippen molar-refractivity contribution < 1.29 is 22.7 Å². The Labute approximate surface area is 108 Å². The predicted octanol–water partition coefficient (Wildman–Crippen LogP) is 2.13. The van der Waals surface area contributed by atoms with Crippen molar-refractivity contribution in [2.24, 2.45) is 5.73 Å². The third-order valence-corrected chi connectivity index (χ3v) is 1.83. The summed E-state index contributed by atoms with van der Waals surface area (Å²) in [6.07, 6.45) is 0. The van der Waals surface area contributed by atoms with E-state index in [4.69, 9.17) is 5.73 Å². The summed E-state index contributed by atoms with van der Waals surface area (Å²) in [5, 5.41) is 2.32. The molecule has 0 bridgehead atoms. The molecule has 3 N–H and O–H groups in total. The maximum Gasteiger partial charge on any atom is 0.387 e. The van der Waals surface area contributed by atoms with Gasteiger partial charge >= 0.3 is 6.61 Å². The van der Waals surface area contributed by atoms with E-state index in [1.54, 1.807) is 0 Å². The lowest BCUT2D eigenvalue weighted by Gasteiger charge is -2.10. The summed E-state index contributed by atoms with van der Waals surface area (Å²) in [4.78, 5) is 11.2. The molecule has 0 unspecified atom stereocenters. The molecule has 0 saturated heterocycles. The van der Waals surface area contributed by atoms with Crippen LogP contribution in [0.5, 0.6) is 5.75 Å². The molecule has 0 saturated carbocycles. The third-order valence-electron chi connectivity index (χ3n) is 1.83. The highest BCUT2D eigenvalue weighted by Crippen LogP contribution is 2.22. The molecule has 1 aromatic carbocycles. The van der Waals surface area contributed by atoms with E-state index < -0.39 is 30.1 Å². The van der Waals surface area contributed by atoms with E-state index in [1.807, 2.05) is 0 Å². The van der Waals surface area contributed by atoms with Gasteiger partial charge in [-0.05, 0) is 19.1 Å². The average Bonchev–Trinajstić information content (AvgIpc) is 2.21. The van der Waals surface area contributed by atoms with Crippen molar-refractivity contribution in [2.75, 3.05) is 5.32 Å². The second kappa shape index (κ2) is 7.07. The topological polar surface area (TPSA) is 64.4 Å². The van der Waals surface area contributed by atoms with Crippen molar-refractivity contribution in [1.29, 1.82) is 0 Å². The number of carbonyl (C=O) groups excluding carboxylic acids is 1. The molecule has 1 atom stereocenters. The first-order chi connectivity index (χ1) is 7.90. The highest BCUT2D eigenvalue weighted by molar-refractivity contribution is 5.94. The number of rotatable bonds is 4. The SMILES string of the molecule is C[C@H](N)C(=O)Nc1ccc(OC(F)F)c(F)c1.Cl. The number of alkyl halides is 2. The first-order valence-corrected chi connectivity index (χ1v) is 4.71. The van der Waals surface area contributed by atoms with Crippen LogP contribution in [0.1, 0.15) is 6.92 Å². The summed E-state index contributed by atoms with van der Waals surface area (Å²) in [5.41, 5.74) is 5.41. The fourth-order valence-corrected chi connectivity index (χ4v) is 1.03. The average molecular weight is 285 g/mol. The van der Waals surface area contributed by atoms with Crippen molar-refractivity contribution >= 4 is 24.0 Å². The summed E-state index contributed by atoms with van der Waals surface area (Å²) in [7, 11) is 0. The van der Waals surface area contributed by atoms with Crippen LogP contribution in [0.3, 0.4) is 0 Å². The highest BCUT2D eigenvalue weighted by Gasteiger charge is 2.12. The molecule has 0 aromatic heterocycles. The highest BCUT2D eigenvalue weighted by atomic mass is 35.5. The van der Waals surface area contributed by atoms with Gasteiger partial charge < -0.3 is 15.8 Å². The minimum atomic E-state index is -3.10. The Morgan fingerprint density at radius 2 is 2.06 bits per heavy atom. The van der Waals surface area contributed by atoms with Crippen LogP contribution in [0.15, 0.2) is 18.2 Å². The lowest BCUT2D eigenvalue weighted by atomic mass is 10.2. The van der Waals surface area contributed by atoms with Crippen LogP contribution in [0.4, 0.5) is 18.9 Å². The number of hydrogen-bond donors (Lipinski definition) is 2. The van der Waals surface area contributed by atoms with Crippen LogP contribution in [0.25, 0.3) is 0 Å². The molecule has 0 aliphatic heterocycles. The van der Waals surface area contributed by atoms with Crippen molar-refractivity contribution in [2.45, 2.75) is 19.6 Å². The second-order valence-corrected chi connectivity index (χ2v) is 3.30. The van der Waals surface area contributed by atoms with Crippen molar-refractivity contribution in [3.05, 3.63) is 24.0 Å². The number of nitrogens with one attached hydrogen (secondary N) is 1. The standard InChI is InChI=1S/C10H11F3N2O2.ClH/c1-5(14)9(16)15-6-2-3-8(7(11)4-6)17-10(12)13;/h2-5,10H,14H2,1H3,(H,15,16);1H/t5-;/m0./s1. The smallest absolute Gasteiger partial charge is 0.387 e. The molecule has 0 aliphatic rings. The van der Waals surface area contributed by atoms with Gasteiger partial charge in [-0.1, -0.05) is 0 Å². The largest absolute Gasteiger partial charge is 0.432 e. The van der Waals surface area contributed by atoms with Gasteiger partial charge in [0.1, 0.15) is 0 Å². The van der Waals surface area contributed by atoms with Gasteiger partial charge in [0.2, 0.25) is 5.91 Å². The van der Waals surface area contributed by atoms with Gasteiger partial charge in [-0.25, -0.2) is 4.39 Å². The molecule has 8 heteroatoms. The molecule has 0 fully saturated rings. The van der Waals surface area contributed by atoms with E-state index in [-0.39, 0.29) is 18.1 Å². The van der Waals surface area contributed by atoms with Crippen LogP contribution in [-0.4, -0.2) is 18.6 Å². The number of ether oxygens (including phenoxy) is 1. The molecule has 0 heterocycles. The lowest BCUT2D eigenvalue weighted by Crippen LogP contribution is -2.32. The third kappa shape index (κ3) is 4.80. The fourth-order valence-electron chi connectivity index (χ4n) is 1.03. The number of benzene rings is 1. The van der Waals surface area contributed by atoms with Gasteiger partial charge in [0, 0.05) is 11.8 Å². The Balaban J connectivity index is 0.00000289. The van der Waals surface area contributed by atoms with E-state index in [0.717, 1.165) is 12.1 Å². The molecule has 0 radical (unpaired) electrons. The molecule has 0 spiro atoms. The van der Waals surface area contributed by atoms with Gasteiger partial charge in [0.15, 0.2) is 11.6 Å². The molecule has 1 aromatic rings. The minimum Gasteiger partial charge on any atom is -0.432 e. The predicted molar refractivity (Wildman–Crippen MR) is 62.6 cm³/mol. The van der Waals surface area contributed by atoms with Crippen LogP contribution in [-0.2, 0) is 4.79 Å². The number of hydrogen-bond acceptors (Lipinski definition) is 3. The molecule has 1 rings (SSSR count). The van der Waals surface area contributed by atoms with Crippen LogP contribution < -0.4 is 15.8 Å². The zero-order chi connectivity index (χ0) is 13.0. The molecular weight excluding hydrogens is 273 g/mol. The van der Waals surface area contributed by atoms with Gasteiger partial charge in [-0.15, -0.1) is 12.4 Å². The van der Waals surface area contributed by atoms with Crippen molar-refractivity contribution in [3.8, 4) is 5.75 Å². The minimum absolute atomic E-state index is 0. The molecular formula is C10H12ClF3N2O2. The quantitative estimate of drug-likeness (QED) is 0.890. The van der Waals surface area contributed by atoms with Gasteiger partial charge in [-0.2, -0.15) is 8.78 Å². The van der Waals surface area contributed by atoms with E-state index in [9.17, 15) is 18.0 Å². The van der Waals surface area contributed by atoms with Crippen LogP contribution in [0, 0.1) is 5.82 Å². The monoisotopic (exact) mass is 284 g/mol. The Bertz CT molecular complexity index is 416. The van der Waals surface area contributed by atoms with Gasteiger partial charge in [0.05, 0.1) is 6.04 Å². The second-order valence-electron chi connectivity index (χ2n) is 3.30. The van der Waals surface area contributed by atoms with Crippen molar-refractivity contribution in [3.63, 3.8) is 0 Å². The molecule has 4 nitrogen and oxygen atoms in total. The first-order valence-electron chi connectivity index (χ1n) is 4.71. The Morgan fingerprint density at radius 1 is 1.44 bits per heavy atom. The van der Waals surface area contributed by atoms with E-state index in [2.05, 4.69) is 10.1 Å². The van der Waals surface area contributed by atoms with E-state index in [1.165, 1.54) is 13.0 Å². The Morgan fingerprint density at radius 3 is 2.50 bits per heavy atom. The number of amides is 1. The summed E-state index contributed by atoms with van der Waals surface area (Å²) in [6, 6.07) is 2.35. The maximum absolute atomic E-state index is 13.2. The van der Waals surface area contributed by atoms with Gasteiger partial charge in [-0.3, -0.25) is 4.79 Å². The lowest BCUT2D eigenvalue weighted by molar-refractivity contribution is -0.117. The number of carbonyl (C=O) groups is 1. The summed E-state index contributed by atoms with van der Waals surface area (Å²) < 4.78 is 40.8. The Hall–Kier alpha value is -1.47. The van der Waals surface area contributed by atoms with Crippen molar-refractivity contribution in [1.82, 2.24) is 0 Å². The van der Waals surface area contributed by atoms with E-state index in [0.29, 0.717) is 0 Å². The summed E-state index contributed by atoms with van der Waals surface area (Å²) in [6.45, 7) is -1.64. The zero-order valence-corrected chi connectivity index (χ0v) is 10.1. The molecule has 1 amide bonds. The normalized spacial score (nSPS) is 11.7. The molecule has 18 heavy (non-hydrogen) atoms. The Kier molecular flexibility index (Phi) is 6.50. The van der Waals surface area contributed by atoms with E-state index >= 15 is 0 Å². The summed E-state index contributed by atoms with van der Waals surface area (Å²) >= 11 is 0. The molecule has 0 aliphatic carbocycles. The fraction of sp³-hybridized carbons (Fsp3) is 0.300. The van der Waals surface area contributed by atoms with Crippen LogP contribution in [0.2, 0.25) is 0 Å². The number of anilines is 1. The first kappa shape index (κ1) is 16.5. The zero-order valence-electron chi connectivity index (χ0n) is 9.32.